The van der Waals surface area contributed by atoms with Crippen LogP contribution >= 0.6 is 0 Å². The Morgan fingerprint density at radius 2 is 1.87 bits per heavy atom. The van der Waals surface area contributed by atoms with Gasteiger partial charge < -0.3 is 15.0 Å². The number of aliphatic hydroxyl groups excluding tert-OH is 1. The SMILES string of the molecule is CS(=O)(=O)c1ccc2c(c1)C(N1CC[N+]([O-])(CCCO)CC1)Cc1ccccc1S2=O. The Labute approximate surface area is 185 Å². The molecule has 0 amide bonds. The van der Waals surface area contributed by atoms with Gasteiger partial charge in [-0.3, -0.25) is 4.90 Å². The highest BCUT2D eigenvalue weighted by Gasteiger charge is 2.35. The number of hydrogen-bond acceptors (Lipinski definition) is 6. The van der Waals surface area contributed by atoms with Gasteiger partial charge in [-0.05, 0) is 41.8 Å². The van der Waals surface area contributed by atoms with Crippen LogP contribution in [0, 0.1) is 5.21 Å². The third kappa shape index (κ3) is 4.62. The average Bonchev–Trinajstić information content (AvgIpc) is 2.87. The Morgan fingerprint density at radius 3 is 2.55 bits per heavy atom. The first-order valence-corrected chi connectivity index (χ1v) is 13.5. The first kappa shape index (κ1) is 22.6. The highest BCUT2D eigenvalue weighted by molar-refractivity contribution is 7.90. The molecule has 0 aliphatic carbocycles. The molecular formula is C22H28N2O5S2. The van der Waals surface area contributed by atoms with Crippen LogP contribution in [0.15, 0.2) is 57.2 Å². The van der Waals surface area contributed by atoms with Crippen molar-refractivity contribution in [2.75, 3.05) is 45.6 Å². The lowest BCUT2D eigenvalue weighted by atomic mass is 9.96. The van der Waals surface area contributed by atoms with Crippen LogP contribution in [0.1, 0.15) is 23.6 Å². The number of fused-ring (bicyclic) bond motifs is 2. The Balaban J connectivity index is 1.74. The second-order valence-electron chi connectivity index (χ2n) is 8.41. The van der Waals surface area contributed by atoms with Gasteiger partial charge in [-0.25, -0.2) is 12.6 Å². The van der Waals surface area contributed by atoms with Crippen LogP contribution < -0.4 is 0 Å². The number of sulfone groups is 1. The van der Waals surface area contributed by atoms with Crippen molar-refractivity contribution in [3.05, 3.63) is 58.8 Å². The van der Waals surface area contributed by atoms with E-state index >= 15 is 0 Å². The van der Waals surface area contributed by atoms with E-state index in [-0.39, 0.29) is 22.2 Å². The summed E-state index contributed by atoms with van der Waals surface area (Å²) in [5, 5.41) is 22.0. The lowest BCUT2D eigenvalue weighted by Gasteiger charge is -2.50. The number of piperazine rings is 1. The fourth-order valence-corrected chi connectivity index (χ4v) is 6.63. The quantitative estimate of drug-likeness (QED) is 0.536. The summed E-state index contributed by atoms with van der Waals surface area (Å²) in [6.45, 7) is 2.38. The molecule has 2 aliphatic heterocycles. The van der Waals surface area contributed by atoms with Gasteiger partial charge in [-0.15, -0.1) is 0 Å². The molecule has 1 N–H and O–H groups in total. The summed E-state index contributed by atoms with van der Waals surface area (Å²) in [5.41, 5.74) is 1.75. The summed E-state index contributed by atoms with van der Waals surface area (Å²) >= 11 is 0. The second-order valence-corrected chi connectivity index (χ2v) is 11.8. The van der Waals surface area contributed by atoms with Crippen LogP contribution in [0.25, 0.3) is 0 Å². The molecule has 9 heteroatoms. The molecule has 1 saturated heterocycles. The number of hydroxylamine groups is 3. The molecule has 0 radical (unpaired) electrons. The van der Waals surface area contributed by atoms with Crippen molar-refractivity contribution in [2.45, 2.75) is 33.6 Å². The maximum atomic E-state index is 13.4. The second kappa shape index (κ2) is 8.73. The van der Waals surface area contributed by atoms with E-state index in [9.17, 15) is 17.8 Å². The minimum Gasteiger partial charge on any atom is -0.633 e. The molecule has 0 aromatic heterocycles. The molecule has 0 bridgehead atoms. The fraction of sp³-hybridized carbons (Fsp3) is 0.455. The minimum atomic E-state index is -3.41. The molecule has 31 heavy (non-hydrogen) atoms. The van der Waals surface area contributed by atoms with E-state index in [1.54, 1.807) is 12.1 Å². The van der Waals surface area contributed by atoms with Crippen molar-refractivity contribution >= 4 is 20.6 Å². The smallest absolute Gasteiger partial charge is 0.175 e. The third-order valence-corrected chi connectivity index (χ3v) is 8.99. The van der Waals surface area contributed by atoms with Crippen LogP contribution in [0.4, 0.5) is 0 Å². The van der Waals surface area contributed by atoms with Gasteiger partial charge in [0.05, 0.1) is 35.3 Å². The molecule has 168 valence electrons. The molecule has 2 heterocycles. The number of nitrogens with zero attached hydrogens (tertiary/aromatic N) is 2. The van der Waals surface area contributed by atoms with Gasteiger partial charge in [-0.2, -0.15) is 0 Å². The number of rotatable bonds is 5. The van der Waals surface area contributed by atoms with E-state index in [1.165, 1.54) is 12.3 Å². The third-order valence-electron chi connectivity index (χ3n) is 6.31. The molecule has 1 fully saturated rings. The molecular weight excluding hydrogens is 436 g/mol. The van der Waals surface area contributed by atoms with Gasteiger partial charge in [0.1, 0.15) is 0 Å². The van der Waals surface area contributed by atoms with Crippen LogP contribution in [0.3, 0.4) is 0 Å². The minimum absolute atomic E-state index is 0.0127. The van der Waals surface area contributed by atoms with Gasteiger partial charge in [-0.1, -0.05) is 18.2 Å². The molecule has 2 aromatic carbocycles. The van der Waals surface area contributed by atoms with Crippen molar-refractivity contribution in [2.24, 2.45) is 0 Å². The van der Waals surface area contributed by atoms with Crippen LogP contribution in [-0.2, 0) is 27.1 Å². The van der Waals surface area contributed by atoms with E-state index in [4.69, 9.17) is 5.11 Å². The highest BCUT2D eigenvalue weighted by atomic mass is 32.2. The molecule has 2 unspecified atom stereocenters. The van der Waals surface area contributed by atoms with Crippen molar-refractivity contribution in [1.29, 1.82) is 0 Å². The number of aliphatic hydroxyl groups is 1. The summed E-state index contributed by atoms with van der Waals surface area (Å²) in [5.74, 6) is 0. The van der Waals surface area contributed by atoms with Gasteiger partial charge in [0.15, 0.2) is 9.84 Å². The van der Waals surface area contributed by atoms with Crippen molar-refractivity contribution in [1.82, 2.24) is 4.90 Å². The van der Waals surface area contributed by atoms with Crippen molar-refractivity contribution < 1.29 is 22.4 Å². The van der Waals surface area contributed by atoms with Gasteiger partial charge >= 0.3 is 0 Å². The predicted molar refractivity (Wildman–Crippen MR) is 119 cm³/mol. The number of quaternary nitrogens is 1. The zero-order valence-electron chi connectivity index (χ0n) is 17.6. The van der Waals surface area contributed by atoms with Crippen LogP contribution in [0.2, 0.25) is 0 Å². The molecule has 2 atom stereocenters. The van der Waals surface area contributed by atoms with Gasteiger partial charge in [0, 0.05) is 48.2 Å². The monoisotopic (exact) mass is 464 g/mol. The Bertz CT molecular complexity index is 1090. The summed E-state index contributed by atoms with van der Waals surface area (Å²) in [6, 6.07) is 12.4. The fourth-order valence-electron chi connectivity index (χ4n) is 4.54. The zero-order chi connectivity index (χ0) is 22.2. The molecule has 0 saturated carbocycles. The molecule has 0 spiro atoms. The topological polar surface area (TPSA) is 97.7 Å². The van der Waals surface area contributed by atoms with Crippen molar-refractivity contribution in [3.8, 4) is 0 Å². The lowest BCUT2D eigenvalue weighted by molar-refractivity contribution is -0.885. The lowest BCUT2D eigenvalue weighted by Crippen LogP contribution is -2.57. The molecule has 2 aliphatic rings. The summed E-state index contributed by atoms with van der Waals surface area (Å²) in [7, 11) is -4.81. The average molecular weight is 465 g/mol. The van der Waals surface area contributed by atoms with Gasteiger partial charge in [0.2, 0.25) is 0 Å². The van der Waals surface area contributed by atoms with E-state index in [0.29, 0.717) is 50.5 Å². The first-order chi connectivity index (χ1) is 14.7. The van der Waals surface area contributed by atoms with E-state index < -0.39 is 20.6 Å². The molecule has 2 aromatic rings. The number of benzene rings is 2. The molecule has 7 nitrogen and oxygen atoms in total. The van der Waals surface area contributed by atoms with Gasteiger partial charge in [0.25, 0.3) is 0 Å². The summed E-state index contributed by atoms with van der Waals surface area (Å²) in [6.07, 6.45) is 2.27. The Morgan fingerprint density at radius 1 is 1.16 bits per heavy atom. The summed E-state index contributed by atoms with van der Waals surface area (Å²) < 4.78 is 37.5. The van der Waals surface area contributed by atoms with E-state index in [1.807, 2.05) is 24.3 Å². The zero-order valence-corrected chi connectivity index (χ0v) is 19.2. The largest absolute Gasteiger partial charge is 0.633 e. The maximum absolute atomic E-state index is 13.4. The maximum Gasteiger partial charge on any atom is 0.175 e. The van der Waals surface area contributed by atoms with Crippen LogP contribution in [-0.4, -0.2) is 72.9 Å². The molecule has 4 rings (SSSR count). The van der Waals surface area contributed by atoms with E-state index in [0.717, 1.165) is 16.0 Å². The van der Waals surface area contributed by atoms with Crippen LogP contribution in [0.5, 0.6) is 0 Å². The Kier molecular flexibility index (Phi) is 6.35. The Hall–Kier alpha value is -1.62. The standard InChI is InChI=1S/C22H28N2O5S2/c1-31(28,29)18-7-8-22-19(16-18)20(15-17-5-2-3-6-21(17)30(22)27)23-9-12-24(26,13-10-23)11-4-14-25/h2-3,5-8,16,20,25H,4,9-15H2,1H3. The number of hydrogen-bond donors (Lipinski definition) is 1. The normalized spacial score (nSPS) is 23.6. The predicted octanol–water partition coefficient (Wildman–Crippen LogP) is 1.87. The highest BCUT2D eigenvalue weighted by Crippen LogP contribution is 2.39. The first-order valence-electron chi connectivity index (χ1n) is 10.5. The van der Waals surface area contributed by atoms with Crippen molar-refractivity contribution in [3.63, 3.8) is 0 Å². The van der Waals surface area contributed by atoms with E-state index in [2.05, 4.69) is 4.90 Å². The summed E-state index contributed by atoms with van der Waals surface area (Å²) in [4.78, 5) is 3.83.